The average Bonchev–Trinajstić information content (AvgIpc) is 3.30. The van der Waals surface area contributed by atoms with E-state index in [4.69, 9.17) is 4.74 Å². The Morgan fingerprint density at radius 1 is 1.11 bits per heavy atom. The maximum Gasteiger partial charge on any atom is 0.225 e. The molecule has 3 heterocycles. The van der Waals surface area contributed by atoms with Crippen LogP contribution in [0.1, 0.15) is 74.1 Å². The number of aromatic nitrogens is 2. The van der Waals surface area contributed by atoms with E-state index in [1.165, 1.54) is 55.6 Å². The van der Waals surface area contributed by atoms with Gasteiger partial charge in [-0.15, -0.1) is 11.3 Å². The SMILES string of the molecule is N#CCC1CCc2sc3ncnc(OC4CCC(N5CCCCC5)CC4)c3c21. The van der Waals surface area contributed by atoms with Crippen LogP contribution in [0.4, 0.5) is 0 Å². The van der Waals surface area contributed by atoms with E-state index in [9.17, 15) is 5.26 Å². The molecule has 1 saturated heterocycles. The van der Waals surface area contributed by atoms with Crippen LogP contribution >= 0.6 is 11.3 Å². The minimum Gasteiger partial charge on any atom is -0.474 e. The molecule has 5 nitrogen and oxygen atoms in total. The zero-order valence-electron chi connectivity index (χ0n) is 16.4. The Hall–Kier alpha value is -1.71. The van der Waals surface area contributed by atoms with Crippen molar-refractivity contribution in [3.63, 3.8) is 0 Å². The fraction of sp³-hybridized carbons (Fsp3) is 0.682. The highest BCUT2D eigenvalue weighted by Crippen LogP contribution is 2.47. The summed E-state index contributed by atoms with van der Waals surface area (Å²) in [5.74, 6) is 1.07. The third-order valence-corrected chi connectivity index (χ3v) is 8.04. The van der Waals surface area contributed by atoms with Gasteiger partial charge in [-0.1, -0.05) is 6.42 Å². The topological polar surface area (TPSA) is 62.0 Å². The molecule has 0 aromatic carbocycles. The van der Waals surface area contributed by atoms with Crippen LogP contribution in [-0.2, 0) is 6.42 Å². The molecular formula is C22H28N4OS. The van der Waals surface area contributed by atoms with Crippen molar-refractivity contribution < 1.29 is 4.74 Å². The zero-order valence-corrected chi connectivity index (χ0v) is 17.2. The highest BCUT2D eigenvalue weighted by molar-refractivity contribution is 7.19. The maximum atomic E-state index is 9.21. The summed E-state index contributed by atoms with van der Waals surface area (Å²) in [5.41, 5.74) is 1.30. The van der Waals surface area contributed by atoms with Crippen molar-refractivity contribution in [2.45, 2.75) is 82.3 Å². The lowest BCUT2D eigenvalue weighted by molar-refractivity contribution is 0.0756. The van der Waals surface area contributed by atoms with Gasteiger partial charge in [0, 0.05) is 17.3 Å². The molecule has 3 aliphatic rings. The summed E-state index contributed by atoms with van der Waals surface area (Å²) in [6, 6.07) is 3.11. The second-order valence-electron chi connectivity index (χ2n) is 8.54. The number of likely N-dealkylation sites (tertiary alicyclic amines) is 1. The number of hydrogen-bond donors (Lipinski definition) is 0. The Bertz CT molecular complexity index is 875. The minimum atomic E-state index is 0.255. The molecule has 2 aromatic rings. The van der Waals surface area contributed by atoms with Crippen LogP contribution in [0.5, 0.6) is 5.88 Å². The van der Waals surface area contributed by atoms with E-state index in [1.54, 1.807) is 17.7 Å². The lowest BCUT2D eigenvalue weighted by atomic mass is 9.90. The summed E-state index contributed by atoms with van der Waals surface area (Å²) >= 11 is 1.76. The second-order valence-corrected chi connectivity index (χ2v) is 9.62. The molecule has 28 heavy (non-hydrogen) atoms. The molecule has 0 radical (unpaired) electrons. The largest absolute Gasteiger partial charge is 0.474 e. The summed E-state index contributed by atoms with van der Waals surface area (Å²) in [7, 11) is 0. The van der Waals surface area contributed by atoms with E-state index >= 15 is 0 Å². The van der Waals surface area contributed by atoms with Crippen molar-refractivity contribution in [3.05, 3.63) is 16.8 Å². The smallest absolute Gasteiger partial charge is 0.225 e. The van der Waals surface area contributed by atoms with Gasteiger partial charge < -0.3 is 9.64 Å². The Morgan fingerprint density at radius 2 is 1.93 bits per heavy atom. The number of rotatable bonds is 4. The number of aryl methyl sites for hydroxylation is 1. The molecule has 1 saturated carbocycles. The first-order valence-electron chi connectivity index (χ1n) is 10.9. The van der Waals surface area contributed by atoms with Gasteiger partial charge in [0.2, 0.25) is 5.88 Å². The van der Waals surface area contributed by atoms with Gasteiger partial charge in [0.05, 0.1) is 11.5 Å². The highest BCUT2D eigenvalue weighted by atomic mass is 32.1. The summed E-state index contributed by atoms with van der Waals surface area (Å²) in [6.45, 7) is 2.56. The molecule has 2 aliphatic carbocycles. The number of hydrogen-bond acceptors (Lipinski definition) is 6. The molecule has 148 valence electrons. The molecule has 0 spiro atoms. The Morgan fingerprint density at radius 3 is 2.71 bits per heavy atom. The number of nitrogens with zero attached hydrogens (tertiary/aromatic N) is 4. The predicted octanol–water partition coefficient (Wildman–Crippen LogP) is 4.81. The number of ether oxygens (including phenoxy) is 1. The van der Waals surface area contributed by atoms with Crippen molar-refractivity contribution in [1.82, 2.24) is 14.9 Å². The van der Waals surface area contributed by atoms with Gasteiger partial charge >= 0.3 is 0 Å². The molecular weight excluding hydrogens is 368 g/mol. The van der Waals surface area contributed by atoms with E-state index in [-0.39, 0.29) is 6.10 Å². The summed E-state index contributed by atoms with van der Waals surface area (Å²) in [5, 5.41) is 10.3. The van der Waals surface area contributed by atoms with Crippen LogP contribution in [0, 0.1) is 11.3 Å². The molecule has 2 aromatic heterocycles. The Kier molecular flexibility index (Phi) is 5.21. The first kappa shape index (κ1) is 18.3. The first-order valence-corrected chi connectivity index (χ1v) is 11.7. The van der Waals surface area contributed by atoms with Gasteiger partial charge in [0.25, 0.3) is 0 Å². The van der Waals surface area contributed by atoms with E-state index in [0.29, 0.717) is 12.3 Å². The van der Waals surface area contributed by atoms with Gasteiger partial charge in [-0.05, 0) is 75.9 Å². The van der Waals surface area contributed by atoms with Crippen molar-refractivity contribution >= 4 is 21.6 Å². The quantitative estimate of drug-likeness (QED) is 0.742. The third kappa shape index (κ3) is 3.40. The normalized spacial score (nSPS) is 28.2. The van der Waals surface area contributed by atoms with Gasteiger partial charge in [-0.3, -0.25) is 0 Å². The Balaban J connectivity index is 1.32. The molecule has 1 atom stereocenters. The number of piperidine rings is 1. The van der Waals surface area contributed by atoms with Crippen LogP contribution in [0.2, 0.25) is 0 Å². The summed E-state index contributed by atoms with van der Waals surface area (Å²) in [4.78, 5) is 14.2. The fourth-order valence-corrected chi connectivity index (χ4v) is 6.64. The molecule has 0 bridgehead atoms. The van der Waals surface area contributed by atoms with E-state index in [0.717, 1.165) is 47.8 Å². The van der Waals surface area contributed by atoms with Crippen LogP contribution in [0.3, 0.4) is 0 Å². The van der Waals surface area contributed by atoms with E-state index in [1.807, 2.05) is 0 Å². The first-order chi connectivity index (χ1) is 13.8. The third-order valence-electron chi connectivity index (χ3n) is 6.86. The summed E-state index contributed by atoms with van der Waals surface area (Å²) < 4.78 is 6.47. The molecule has 0 amide bonds. The summed E-state index contributed by atoms with van der Waals surface area (Å²) in [6.07, 6.45) is 13.4. The predicted molar refractivity (Wildman–Crippen MR) is 111 cm³/mol. The van der Waals surface area contributed by atoms with Crippen LogP contribution in [0.15, 0.2) is 6.33 Å². The number of thiophene rings is 1. The lowest BCUT2D eigenvalue weighted by Crippen LogP contribution is -2.42. The lowest BCUT2D eigenvalue weighted by Gasteiger charge is -2.38. The molecule has 1 aliphatic heterocycles. The van der Waals surface area contributed by atoms with Crippen molar-refractivity contribution in [2.75, 3.05) is 13.1 Å². The number of fused-ring (bicyclic) bond motifs is 3. The van der Waals surface area contributed by atoms with Crippen LogP contribution in [-0.4, -0.2) is 40.1 Å². The minimum absolute atomic E-state index is 0.255. The van der Waals surface area contributed by atoms with Gasteiger partial charge in [-0.2, -0.15) is 5.26 Å². The van der Waals surface area contributed by atoms with Gasteiger partial charge in [-0.25, -0.2) is 9.97 Å². The average molecular weight is 397 g/mol. The van der Waals surface area contributed by atoms with Crippen molar-refractivity contribution in [2.24, 2.45) is 0 Å². The standard InChI is InChI=1S/C22H28N4OS/c23-11-10-15-4-9-18-19(15)20-21(24-14-25-22(20)28-18)27-17-7-5-16(6-8-17)26-12-2-1-3-13-26/h14-17H,1-10,12-13H2. The van der Waals surface area contributed by atoms with Crippen LogP contribution < -0.4 is 4.74 Å². The van der Waals surface area contributed by atoms with Crippen molar-refractivity contribution in [1.29, 1.82) is 5.26 Å². The molecule has 0 N–H and O–H groups in total. The molecule has 1 unspecified atom stereocenters. The van der Waals surface area contributed by atoms with Crippen molar-refractivity contribution in [3.8, 4) is 11.9 Å². The van der Waals surface area contributed by atoms with Gasteiger partial charge in [0.15, 0.2) is 0 Å². The maximum absolute atomic E-state index is 9.21. The monoisotopic (exact) mass is 396 g/mol. The zero-order chi connectivity index (χ0) is 18.9. The molecule has 2 fully saturated rings. The Labute approximate surface area is 170 Å². The highest BCUT2D eigenvalue weighted by Gasteiger charge is 2.32. The van der Waals surface area contributed by atoms with Gasteiger partial charge in [0.1, 0.15) is 17.3 Å². The molecule has 6 heteroatoms. The van der Waals surface area contributed by atoms with E-state index < -0.39 is 0 Å². The number of nitriles is 1. The fourth-order valence-electron chi connectivity index (χ4n) is 5.41. The second kappa shape index (κ2) is 7.96. The van der Waals surface area contributed by atoms with E-state index in [2.05, 4.69) is 20.9 Å². The van der Waals surface area contributed by atoms with Crippen LogP contribution in [0.25, 0.3) is 10.2 Å². The molecule has 5 rings (SSSR count).